The first kappa shape index (κ1) is 23.4. The smallest absolute Gasteiger partial charge is 0.241 e. The third-order valence-electron chi connectivity index (χ3n) is 6.26. The van der Waals surface area contributed by atoms with Gasteiger partial charge in [-0.15, -0.1) is 0 Å². The van der Waals surface area contributed by atoms with Gasteiger partial charge in [0.25, 0.3) is 0 Å². The molecule has 170 valence electrons. The molecule has 2 aliphatic heterocycles. The van der Waals surface area contributed by atoms with E-state index in [4.69, 9.17) is 4.74 Å². The molecular weight excluding hydrogens is 394 g/mol. The number of nitrogens with one attached hydrogen (secondary N) is 2. The summed E-state index contributed by atoms with van der Waals surface area (Å²) in [5, 5.41) is 15.6. The number of rotatable bonds is 9. The summed E-state index contributed by atoms with van der Waals surface area (Å²) in [5.41, 5.74) is 1.79. The van der Waals surface area contributed by atoms with Gasteiger partial charge in [-0.05, 0) is 49.9 Å². The molecule has 1 aromatic rings. The third kappa shape index (κ3) is 6.15. The largest absolute Gasteiger partial charge is 0.394 e. The van der Waals surface area contributed by atoms with Crippen LogP contribution in [0.5, 0.6) is 0 Å². The number of likely N-dealkylation sites (tertiary alicyclic amines) is 1. The Balaban J connectivity index is 1.53. The van der Waals surface area contributed by atoms with Crippen LogP contribution in [0.1, 0.15) is 50.7 Å². The maximum Gasteiger partial charge on any atom is 0.241 e. The number of anilines is 1. The molecule has 7 nitrogen and oxygen atoms in total. The lowest BCUT2D eigenvalue weighted by atomic mass is 9.96. The van der Waals surface area contributed by atoms with Crippen molar-refractivity contribution in [2.45, 2.75) is 57.2 Å². The summed E-state index contributed by atoms with van der Waals surface area (Å²) in [6.45, 7) is 3.71. The standard InChI is InChI=1S/C24H35N3O4/c1-17(6-3-9-22(29)27-15-5-7-20(27)16-28)23(31-2)18-10-12-19(13-11-18)26-24(30)21-8-4-14-25-21/h3,6,10-13,17,20-21,23,25,28H,4-5,7-9,14-16H2,1-2H3,(H,26,30)/b6-3+/t17-,20+,21-,23+/m1/s1. The maximum absolute atomic E-state index is 12.4. The number of carbonyl (C=O) groups is 2. The Morgan fingerprint density at radius 2 is 2.06 bits per heavy atom. The van der Waals surface area contributed by atoms with Crippen LogP contribution in [0.2, 0.25) is 0 Å². The topological polar surface area (TPSA) is 90.9 Å². The summed E-state index contributed by atoms with van der Waals surface area (Å²) in [7, 11) is 1.68. The fourth-order valence-corrected chi connectivity index (χ4v) is 4.50. The molecule has 1 aromatic carbocycles. The molecular formula is C24H35N3O4. The Hall–Kier alpha value is -2.22. The molecule has 0 spiro atoms. The van der Waals surface area contributed by atoms with Gasteiger partial charge in [0, 0.05) is 31.7 Å². The molecule has 2 saturated heterocycles. The van der Waals surface area contributed by atoms with Crippen molar-refractivity contribution in [3.63, 3.8) is 0 Å². The van der Waals surface area contributed by atoms with E-state index in [0.717, 1.165) is 50.0 Å². The van der Waals surface area contributed by atoms with Gasteiger partial charge in [0.05, 0.1) is 24.8 Å². The van der Waals surface area contributed by atoms with Gasteiger partial charge < -0.3 is 25.4 Å². The Kier molecular flexibility index (Phi) is 8.63. The molecule has 2 aliphatic rings. The van der Waals surface area contributed by atoms with E-state index in [0.29, 0.717) is 6.42 Å². The number of hydrogen-bond acceptors (Lipinski definition) is 5. The van der Waals surface area contributed by atoms with Gasteiger partial charge in [-0.3, -0.25) is 9.59 Å². The van der Waals surface area contributed by atoms with Gasteiger partial charge in [-0.25, -0.2) is 0 Å². The number of ether oxygens (including phenoxy) is 1. The first-order valence-electron chi connectivity index (χ1n) is 11.3. The first-order valence-corrected chi connectivity index (χ1v) is 11.3. The van der Waals surface area contributed by atoms with Crippen molar-refractivity contribution in [1.82, 2.24) is 10.2 Å². The minimum Gasteiger partial charge on any atom is -0.394 e. The highest BCUT2D eigenvalue weighted by atomic mass is 16.5. The van der Waals surface area contributed by atoms with Crippen LogP contribution in [0.15, 0.2) is 36.4 Å². The Bertz CT molecular complexity index is 759. The van der Waals surface area contributed by atoms with Crippen LogP contribution < -0.4 is 10.6 Å². The van der Waals surface area contributed by atoms with Crippen molar-refractivity contribution in [3.8, 4) is 0 Å². The van der Waals surface area contributed by atoms with Crippen LogP contribution in [-0.2, 0) is 14.3 Å². The van der Waals surface area contributed by atoms with Crippen LogP contribution in [-0.4, -0.2) is 60.7 Å². The molecule has 2 heterocycles. The lowest BCUT2D eigenvalue weighted by molar-refractivity contribution is -0.131. The number of hydrogen-bond donors (Lipinski definition) is 3. The molecule has 3 N–H and O–H groups in total. The van der Waals surface area contributed by atoms with E-state index in [1.54, 1.807) is 12.0 Å². The van der Waals surface area contributed by atoms with Gasteiger partial charge >= 0.3 is 0 Å². The summed E-state index contributed by atoms with van der Waals surface area (Å²) in [5.74, 6) is 0.148. The molecule has 0 radical (unpaired) electrons. The highest BCUT2D eigenvalue weighted by Crippen LogP contribution is 2.28. The Morgan fingerprint density at radius 1 is 1.29 bits per heavy atom. The van der Waals surface area contributed by atoms with Gasteiger partial charge in [-0.1, -0.05) is 31.2 Å². The van der Waals surface area contributed by atoms with E-state index in [1.807, 2.05) is 36.4 Å². The predicted molar refractivity (Wildman–Crippen MR) is 121 cm³/mol. The number of methoxy groups -OCH3 is 1. The predicted octanol–water partition coefficient (Wildman–Crippen LogP) is 2.63. The van der Waals surface area contributed by atoms with Gasteiger partial charge in [-0.2, -0.15) is 0 Å². The molecule has 0 aromatic heterocycles. The molecule has 7 heteroatoms. The zero-order valence-electron chi connectivity index (χ0n) is 18.5. The number of aliphatic hydroxyl groups excluding tert-OH is 1. The second-order valence-electron chi connectivity index (χ2n) is 8.47. The van der Waals surface area contributed by atoms with Crippen LogP contribution >= 0.6 is 0 Å². The third-order valence-corrected chi connectivity index (χ3v) is 6.26. The Labute approximate surface area is 184 Å². The lowest BCUT2D eigenvalue weighted by Gasteiger charge is -2.23. The monoisotopic (exact) mass is 429 g/mol. The zero-order chi connectivity index (χ0) is 22.2. The average molecular weight is 430 g/mol. The van der Waals surface area contributed by atoms with E-state index in [9.17, 15) is 14.7 Å². The van der Waals surface area contributed by atoms with E-state index < -0.39 is 0 Å². The van der Waals surface area contributed by atoms with E-state index >= 15 is 0 Å². The zero-order valence-corrected chi connectivity index (χ0v) is 18.5. The molecule has 31 heavy (non-hydrogen) atoms. The summed E-state index contributed by atoms with van der Waals surface area (Å²) >= 11 is 0. The van der Waals surface area contributed by atoms with Gasteiger partial charge in [0.2, 0.25) is 11.8 Å². The molecule has 4 atom stereocenters. The minimum atomic E-state index is -0.149. The van der Waals surface area contributed by atoms with Crippen molar-refractivity contribution in [3.05, 3.63) is 42.0 Å². The van der Waals surface area contributed by atoms with Crippen LogP contribution in [0.3, 0.4) is 0 Å². The van der Waals surface area contributed by atoms with Crippen LogP contribution in [0.4, 0.5) is 5.69 Å². The highest BCUT2D eigenvalue weighted by Gasteiger charge is 2.27. The quantitative estimate of drug-likeness (QED) is 0.525. The molecule has 0 bridgehead atoms. The number of benzene rings is 1. The molecule has 2 amide bonds. The lowest BCUT2D eigenvalue weighted by Crippen LogP contribution is -2.37. The van der Waals surface area contributed by atoms with Crippen molar-refractivity contribution >= 4 is 17.5 Å². The summed E-state index contributed by atoms with van der Waals surface area (Å²) in [4.78, 5) is 26.5. The summed E-state index contributed by atoms with van der Waals surface area (Å²) in [6, 6.07) is 7.60. The van der Waals surface area contributed by atoms with Crippen LogP contribution in [0.25, 0.3) is 0 Å². The molecule has 3 rings (SSSR count). The summed E-state index contributed by atoms with van der Waals surface area (Å²) in [6.07, 6.45) is 7.83. The number of aliphatic hydroxyl groups is 1. The molecule has 0 unspecified atom stereocenters. The van der Waals surface area contributed by atoms with E-state index in [1.165, 1.54) is 0 Å². The normalized spacial score (nSPS) is 23.3. The number of carbonyl (C=O) groups excluding carboxylic acids is 2. The van der Waals surface area contributed by atoms with Gasteiger partial charge in [0.15, 0.2) is 0 Å². The van der Waals surface area contributed by atoms with Crippen molar-refractivity contribution < 1.29 is 19.4 Å². The van der Waals surface area contributed by atoms with E-state index in [-0.39, 0.29) is 42.5 Å². The SMILES string of the molecule is CO[C@H](c1ccc(NC(=O)[C@H]2CCCN2)cc1)[C@H](C)/C=C/CC(=O)N1CCC[C@H]1CO. The maximum atomic E-state index is 12.4. The highest BCUT2D eigenvalue weighted by molar-refractivity contribution is 5.95. The average Bonchev–Trinajstić information content (AvgIpc) is 3.47. The first-order chi connectivity index (χ1) is 15.0. The Morgan fingerprint density at radius 3 is 2.71 bits per heavy atom. The molecule has 0 aliphatic carbocycles. The molecule has 0 saturated carbocycles. The van der Waals surface area contributed by atoms with Gasteiger partial charge in [0.1, 0.15) is 0 Å². The number of amides is 2. The minimum absolute atomic E-state index is 0.0101. The van der Waals surface area contributed by atoms with E-state index in [2.05, 4.69) is 17.6 Å². The van der Waals surface area contributed by atoms with Crippen molar-refractivity contribution in [1.29, 1.82) is 0 Å². The van der Waals surface area contributed by atoms with Crippen molar-refractivity contribution in [2.75, 3.05) is 32.1 Å². The number of nitrogens with zero attached hydrogens (tertiary/aromatic N) is 1. The second kappa shape index (κ2) is 11.4. The summed E-state index contributed by atoms with van der Waals surface area (Å²) < 4.78 is 5.72. The fraction of sp³-hybridized carbons (Fsp3) is 0.583. The molecule has 2 fully saturated rings. The second-order valence-corrected chi connectivity index (χ2v) is 8.47. The van der Waals surface area contributed by atoms with Crippen molar-refractivity contribution in [2.24, 2.45) is 5.92 Å². The fourth-order valence-electron chi connectivity index (χ4n) is 4.50. The van der Waals surface area contributed by atoms with Crippen LogP contribution in [0, 0.1) is 5.92 Å².